The molecule has 3 nitrogen and oxygen atoms in total. The number of aromatic nitrogens is 1. The fourth-order valence-corrected chi connectivity index (χ4v) is 2.59. The van der Waals surface area contributed by atoms with E-state index >= 15 is 0 Å². The van der Waals surface area contributed by atoms with Gasteiger partial charge in [0.25, 0.3) is 0 Å². The summed E-state index contributed by atoms with van der Waals surface area (Å²) in [5.41, 5.74) is 2.64. The van der Waals surface area contributed by atoms with Gasteiger partial charge in [-0.1, -0.05) is 6.92 Å². The van der Waals surface area contributed by atoms with Gasteiger partial charge < -0.3 is 9.67 Å². The number of fused-ring (bicyclic) bond motifs is 1. The fourth-order valence-electron chi connectivity index (χ4n) is 1.93. The van der Waals surface area contributed by atoms with E-state index in [-0.39, 0.29) is 0 Å². The molecule has 17 heavy (non-hydrogen) atoms. The topological polar surface area (TPSA) is 42.2 Å². The summed E-state index contributed by atoms with van der Waals surface area (Å²) in [6.07, 6.45) is 2.08. The van der Waals surface area contributed by atoms with Crippen molar-refractivity contribution in [2.75, 3.05) is 5.75 Å². The lowest BCUT2D eigenvalue weighted by Gasteiger charge is -1.99. The predicted octanol–water partition coefficient (Wildman–Crippen LogP) is 3.13. The average molecular weight is 249 g/mol. The van der Waals surface area contributed by atoms with E-state index in [1.165, 1.54) is 5.56 Å². The number of aromatic carboxylic acids is 1. The van der Waals surface area contributed by atoms with Gasteiger partial charge in [0.2, 0.25) is 0 Å². The van der Waals surface area contributed by atoms with Crippen LogP contribution in [0.25, 0.3) is 10.9 Å². The molecule has 1 aromatic carbocycles. The summed E-state index contributed by atoms with van der Waals surface area (Å²) in [6, 6.07) is 5.30. The smallest absolute Gasteiger partial charge is 0.335 e. The second-order valence-corrected chi connectivity index (χ2v) is 5.21. The SMILES string of the molecule is CCSCc1cn(C)c2ccc(C(=O)O)cc12. The summed E-state index contributed by atoms with van der Waals surface area (Å²) in [4.78, 5) is 11.0. The Hall–Kier alpha value is -1.42. The monoisotopic (exact) mass is 249 g/mol. The first kappa shape index (κ1) is 12.0. The van der Waals surface area contributed by atoms with E-state index in [9.17, 15) is 4.79 Å². The van der Waals surface area contributed by atoms with Crippen molar-refractivity contribution in [3.63, 3.8) is 0 Å². The van der Waals surface area contributed by atoms with Crippen LogP contribution in [0, 0.1) is 0 Å². The fraction of sp³-hybridized carbons (Fsp3) is 0.308. The lowest BCUT2D eigenvalue weighted by molar-refractivity contribution is 0.0697. The van der Waals surface area contributed by atoms with Crippen LogP contribution in [0.1, 0.15) is 22.8 Å². The van der Waals surface area contributed by atoms with Crippen LogP contribution in [0.2, 0.25) is 0 Å². The van der Waals surface area contributed by atoms with Crippen molar-refractivity contribution in [1.29, 1.82) is 0 Å². The highest BCUT2D eigenvalue weighted by molar-refractivity contribution is 7.98. The number of nitrogens with zero attached hydrogens (tertiary/aromatic N) is 1. The van der Waals surface area contributed by atoms with Gasteiger partial charge in [0, 0.05) is 29.9 Å². The van der Waals surface area contributed by atoms with Gasteiger partial charge in [-0.25, -0.2) is 4.79 Å². The first-order valence-electron chi connectivity index (χ1n) is 5.52. The molecule has 0 bridgehead atoms. The molecule has 0 aliphatic heterocycles. The van der Waals surface area contributed by atoms with Gasteiger partial charge in [0.15, 0.2) is 0 Å². The van der Waals surface area contributed by atoms with Gasteiger partial charge in [0.1, 0.15) is 0 Å². The maximum Gasteiger partial charge on any atom is 0.335 e. The Morgan fingerprint density at radius 1 is 1.47 bits per heavy atom. The number of benzene rings is 1. The summed E-state index contributed by atoms with van der Waals surface area (Å²) in [6.45, 7) is 2.12. The van der Waals surface area contributed by atoms with Crippen molar-refractivity contribution in [1.82, 2.24) is 4.57 Å². The molecule has 1 N–H and O–H groups in total. The van der Waals surface area contributed by atoms with Crippen molar-refractivity contribution in [2.45, 2.75) is 12.7 Å². The standard InChI is InChI=1S/C13H15NO2S/c1-3-17-8-10-7-14(2)12-5-4-9(13(15)16)6-11(10)12/h4-7H,3,8H2,1-2H3,(H,15,16). The van der Waals surface area contributed by atoms with E-state index in [0.29, 0.717) is 5.56 Å². The highest BCUT2D eigenvalue weighted by atomic mass is 32.2. The van der Waals surface area contributed by atoms with E-state index in [2.05, 4.69) is 13.1 Å². The number of aryl methyl sites for hydroxylation is 1. The molecular weight excluding hydrogens is 234 g/mol. The molecule has 0 spiro atoms. The average Bonchev–Trinajstić information content (AvgIpc) is 2.63. The van der Waals surface area contributed by atoms with Crippen molar-refractivity contribution >= 4 is 28.6 Å². The molecule has 1 heterocycles. The summed E-state index contributed by atoms with van der Waals surface area (Å²) in [7, 11) is 1.99. The number of carboxylic acids is 1. The predicted molar refractivity (Wildman–Crippen MR) is 71.7 cm³/mol. The number of carbonyl (C=O) groups is 1. The second-order valence-electron chi connectivity index (χ2n) is 3.94. The Labute approximate surface area is 104 Å². The van der Waals surface area contributed by atoms with Crippen LogP contribution in [0.3, 0.4) is 0 Å². The van der Waals surface area contributed by atoms with Crippen molar-refractivity contribution in [3.8, 4) is 0 Å². The number of thioether (sulfide) groups is 1. The van der Waals surface area contributed by atoms with Gasteiger partial charge in [-0.3, -0.25) is 0 Å². The van der Waals surface area contributed by atoms with Crippen LogP contribution >= 0.6 is 11.8 Å². The van der Waals surface area contributed by atoms with E-state index in [1.807, 2.05) is 29.4 Å². The molecule has 0 aliphatic carbocycles. The highest BCUT2D eigenvalue weighted by Gasteiger charge is 2.10. The number of carboxylic acid groups (broad SMARTS) is 1. The van der Waals surface area contributed by atoms with Crippen LogP contribution in [0.15, 0.2) is 24.4 Å². The van der Waals surface area contributed by atoms with E-state index in [1.54, 1.807) is 12.1 Å². The first-order chi connectivity index (χ1) is 8.13. The quantitative estimate of drug-likeness (QED) is 0.905. The molecule has 0 atom stereocenters. The van der Waals surface area contributed by atoms with E-state index in [0.717, 1.165) is 22.4 Å². The molecule has 0 amide bonds. The summed E-state index contributed by atoms with van der Waals surface area (Å²) in [5, 5.41) is 10.1. The van der Waals surface area contributed by atoms with Gasteiger partial charge in [-0.15, -0.1) is 0 Å². The Morgan fingerprint density at radius 2 is 2.24 bits per heavy atom. The van der Waals surface area contributed by atoms with Gasteiger partial charge in [-0.05, 0) is 29.5 Å². The van der Waals surface area contributed by atoms with Crippen molar-refractivity contribution in [3.05, 3.63) is 35.5 Å². The molecule has 0 saturated heterocycles. The number of rotatable bonds is 4. The minimum absolute atomic E-state index is 0.353. The molecule has 2 aromatic rings. The molecule has 0 radical (unpaired) electrons. The third-order valence-corrected chi connectivity index (χ3v) is 3.70. The Balaban J connectivity index is 2.52. The molecule has 4 heteroatoms. The zero-order valence-electron chi connectivity index (χ0n) is 9.93. The maximum atomic E-state index is 11.0. The molecule has 0 saturated carbocycles. The third kappa shape index (κ3) is 2.31. The molecule has 1 aromatic heterocycles. The van der Waals surface area contributed by atoms with Crippen LogP contribution < -0.4 is 0 Å². The summed E-state index contributed by atoms with van der Waals surface area (Å²) in [5.74, 6) is 1.12. The molecule has 0 unspecified atom stereocenters. The Morgan fingerprint density at radius 3 is 2.88 bits per heavy atom. The molecule has 0 fully saturated rings. The zero-order valence-corrected chi connectivity index (χ0v) is 10.8. The van der Waals surface area contributed by atoms with Crippen LogP contribution in [-0.4, -0.2) is 21.4 Å². The lowest BCUT2D eigenvalue weighted by Crippen LogP contribution is -1.95. The van der Waals surface area contributed by atoms with Crippen LogP contribution in [-0.2, 0) is 12.8 Å². The van der Waals surface area contributed by atoms with Crippen molar-refractivity contribution < 1.29 is 9.90 Å². The van der Waals surface area contributed by atoms with E-state index in [4.69, 9.17) is 5.11 Å². The number of hydrogen-bond donors (Lipinski definition) is 1. The molecular formula is C13H15NO2S. The normalized spacial score (nSPS) is 10.9. The first-order valence-corrected chi connectivity index (χ1v) is 6.68. The number of hydrogen-bond acceptors (Lipinski definition) is 2. The molecule has 0 aliphatic rings. The minimum Gasteiger partial charge on any atom is -0.478 e. The molecule has 2 rings (SSSR count). The third-order valence-electron chi connectivity index (χ3n) is 2.78. The Kier molecular flexibility index (Phi) is 3.43. The van der Waals surface area contributed by atoms with Gasteiger partial charge in [-0.2, -0.15) is 11.8 Å². The van der Waals surface area contributed by atoms with Crippen molar-refractivity contribution in [2.24, 2.45) is 7.05 Å². The highest BCUT2D eigenvalue weighted by Crippen LogP contribution is 2.25. The summed E-state index contributed by atoms with van der Waals surface area (Å²) < 4.78 is 2.05. The minimum atomic E-state index is -0.871. The van der Waals surface area contributed by atoms with Gasteiger partial charge >= 0.3 is 5.97 Å². The summed E-state index contributed by atoms with van der Waals surface area (Å²) >= 11 is 1.84. The Bertz CT molecular complexity index is 560. The molecule has 90 valence electrons. The maximum absolute atomic E-state index is 11.0. The largest absolute Gasteiger partial charge is 0.478 e. The second kappa shape index (κ2) is 4.84. The van der Waals surface area contributed by atoms with E-state index < -0.39 is 5.97 Å². The van der Waals surface area contributed by atoms with Crippen LogP contribution in [0.4, 0.5) is 0 Å². The van der Waals surface area contributed by atoms with Gasteiger partial charge in [0.05, 0.1) is 5.56 Å². The van der Waals surface area contributed by atoms with Crippen LogP contribution in [0.5, 0.6) is 0 Å². The lowest BCUT2D eigenvalue weighted by atomic mass is 10.1. The zero-order chi connectivity index (χ0) is 12.4.